The molecule has 0 aliphatic carbocycles. The molecule has 1 aromatic carbocycles. The van der Waals surface area contributed by atoms with Gasteiger partial charge in [-0.05, 0) is 23.5 Å². The van der Waals surface area contributed by atoms with Gasteiger partial charge in [-0.3, -0.25) is 9.59 Å². The Morgan fingerprint density at radius 2 is 1.86 bits per heavy atom. The molecule has 1 aliphatic heterocycles. The Morgan fingerprint density at radius 3 is 2.36 bits per heavy atom. The number of carbonyl (C=O) groups is 2. The predicted molar refractivity (Wildman–Crippen MR) is 88.9 cm³/mol. The van der Waals surface area contributed by atoms with E-state index in [1.165, 1.54) is 5.56 Å². The van der Waals surface area contributed by atoms with Crippen LogP contribution in [-0.2, 0) is 15.0 Å². The van der Waals surface area contributed by atoms with Crippen LogP contribution >= 0.6 is 11.8 Å². The van der Waals surface area contributed by atoms with E-state index in [0.717, 1.165) is 5.56 Å². The first-order valence-electron chi connectivity index (χ1n) is 7.48. The number of amides is 1. The third-order valence-corrected chi connectivity index (χ3v) is 5.27. The Morgan fingerprint density at radius 1 is 1.27 bits per heavy atom. The second kappa shape index (κ2) is 6.32. The second-order valence-electron chi connectivity index (χ2n) is 6.68. The fourth-order valence-corrected chi connectivity index (χ4v) is 3.83. The third kappa shape index (κ3) is 3.64. The van der Waals surface area contributed by atoms with Gasteiger partial charge in [-0.15, -0.1) is 11.8 Å². The number of hydrogen-bond donors (Lipinski definition) is 1. The third-order valence-electron chi connectivity index (χ3n) is 3.88. The summed E-state index contributed by atoms with van der Waals surface area (Å²) < 4.78 is 0. The number of rotatable bonds is 4. The summed E-state index contributed by atoms with van der Waals surface area (Å²) in [7, 11) is 0. The minimum Gasteiger partial charge on any atom is -0.481 e. The van der Waals surface area contributed by atoms with Crippen LogP contribution in [0, 0.1) is 0 Å². The summed E-state index contributed by atoms with van der Waals surface area (Å²) in [6.45, 7) is 8.63. The highest BCUT2D eigenvalue weighted by Crippen LogP contribution is 2.43. The van der Waals surface area contributed by atoms with E-state index in [-0.39, 0.29) is 34.9 Å². The summed E-state index contributed by atoms with van der Waals surface area (Å²) in [5.74, 6) is -0.852. The molecule has 0 bridgehead atoms. The van der Waals surface area contributed by atoms with E-state index in [9.17, 15) is 9.59 Å². The summed E-state index contributed by atoms with van der Waals surface area (Å²) >= 11 is 1.58. The van der Waals surface area contributed by atoms with Gasteiger partial charge in [0.1, 0.15) is 5.37 Å². The van der Waals surface area contributed by atoms with Gasteiger partial charge >= 0.3 is 5.97 Å². The highest BCUT2D eigenvalue weighted by atomic mass is 32.2. The highest BCUT2D eigenvalue weighted by molar-refractivity contribution is 8.01. The molecule has 1 N–H and O–H groups in total. The van der Waals surface area contributed by atoms with Crippen molar-refractivity contribution in [1.82, 2.24) is 4.90 Å². The lowest BCUT2D eigenvalue weighted by molar-refractivity contribution is -0.138. The maximum atomic E-state index is 12.2. The van der Waals surface area contributed by atoms with E-state index < -0.39 is 5.97 Å². The van der Waals surface area contributed by atoms with Crippen LogP contribution in [-0.4, -0.2) is 33.7 Å². The van der Waals surface area contributed by atoms with Crippen LogP contribution in [0.3, 0.4) is 0 Å². The summed E-state index contributed by atoms with van der Waals surface area (Å²) in [6, 6.07) is 8.30. The molecule has 1 fully saturated rings. The van der Waals surface area contributed by atoms with E-state index >= 15 is 0 Å². The van der Waals surface area contributed by atoms with Crippen LogP contribution < -0.4 is 0 Å². The van der Waals surface area contributed by atoms with Gasteiger partial charge in [0, 0.05) is 6.54 Å². The lowest BCUT2D eigenvalue weighted by Crippen LogP contribution is -2.32. The Labute approximate surface area is 135 Å². The molecular weight excluding hydrogens is 298 g/mol. The minimum absolute atomic E-state index is 0.0183. The molecule has 1 aliphatic rings. The molecule has 1 heterocycles. The summed E-state index contributed by atoms with van der Waals surface area (Å²) in [4.78, 5) is 24.7. The number of aliphatic carboxylic acids is 1. The van der Waals surface area contributed by atoms with Gasteiger partial charge in [-0.1, -0.05) is 45.0 Å². The Bertz CT molecular complexity index is 562. The van der Waals surface area contributed by atoms with Crippen LogP contribution in [0.2, 0.25) is 0 Å². The van der Waals surface area contributed by atoms with Crippen molar-refractivity contribution in [3.8, 4) is 0 Å². The number of carboxylic acids is 1. The average molecular weight is 321 g/mol. The molecule has 4 nitrogen and oxygen atoms in total. The van der Waals surface area contributed by atoms with Crippen LogP contribution in [0.1, 0.15) is 50.6 Å². The first-order chi connectivity index (χ1) is 10.2. The van der Waals surface area contributed by atoms with E-state index in [0.29, 0.717) is 0 Å². The van der Waals surface area contributed by atoms with Crippen molar-refractivity contribution < 1.29 is 14.7 Å². The SMILES string of the molecule is CC1SC(c2ccc(C(C)(C)C)cc2)N(CCC(=O)O)C1=O. The normalized spacial score (nSPS) is 22.2. The van der Waals surface area contributed by atoms with E-state index in [2.05, 4.69) is 45.0 Å². The number of nitrogens with zero attached hydrogens (tertiary/aromatic N) is 1. The minimum atomic E-state index is -0.876. The largest absolute Gasteiger partial charge is 0.481 e. The van der Waals surface area contributed by atoms with E-state index in [1.807, 2.05) is 6.92 Å². The van der Waals surface area contributed by atoms with Gasteiger partial charge in [0.05, 0.1) is 11.7 Å². The molecule has 1 saturated heterocycles. The first-order valence-corrected chi connectivity index (χ1v) is 8.42. The molecule has 1 amide bonds. The lowest BCUT2D eigenvalue weighted by atomic mass is 9.86. The summed E-state index contributed by atoms with van der Waals surface area (Å²) in [5, 5.41) is 8.65. The maximum absolute atomic E-state index is 12.2. The van der Waals surface area contributed by atoms with Crippen molar-refractivity contribution in [2.75, 3.05) is 6.54 Å². The molecule has 2 rings (SSSR count). The summed E-state index contributed by atoms with van der Waals surface area (Å²) in [5.41, 5.74) is 2.39. The van der Waals surface area contributed by atoms with Crippen LogP contribution in [0.5, 0.6) is 0 Å². The van der Waals surface area contributed by atoms with Crippen molar-refractivity contribution in [2.45, 2.75) is 50.2 Å². The molecule has 0 aromatic heterocycles. The van der Waals surface area contributed by atoms with Gasteiger partial charge in [0.25, 0.3) is 0 Å². The zero-order valence-corrected chi connectivity index (χ0v) is 14.3. The van der Waals surface area contributed by atoms with Crippen molar-refractivity contribution in [3.63, 3.8) is 0 Å². The zero-order valence-electron chi connectivity index (χ0n) is 13.5. The lowest BCUT2D eigenvalue weighted by Gasteiger charge is -2.25. The van der Waals surface area contributed by atoms with E-state index in [4.69, 9.17) is 5.11 Å². The van der Waals surface area contributed by atoms with Gasteiger partial charge in [0.2, 0.25) is 5.91 Å². The van der Waals surface area contributed by atoms with Crippen LogP contribution in [0.15, 0.2) is 24.3 Å². The number of carboxylic acid groups (broad SMARTS) is 1. The molecule has 120 valence electrons. The number of benzene rings is 1. The molecule has 2 atom stereocenters. The molecule has 0 radical (unpaired) electrons. The van der Waals surface area contributed by atoms with Crippen molar-refractivity contribution in [2.24, 2.45) is 0 Å². The first kappa shape index (κ1) is 16.9. The Hall–Kier alpha value is -1.49. The Balaban J connectivity index is 2.21. The molecule has 0 saturated carbocycles. The van der Waals surface area contributed by atoms with Crippen molar-refractivity contribution in [1.29, 1.82) is 0 Å². The quantitative estimate of drug-likeness (QED) is 0.923. The van der Waals surface area contributed by atoms with Gasteiger partial charge in [-0.2, -0.15) is 0 Å². The average Bonchev–Trinajstić information content (AvgIpc) is 2.72. The van der Waals surface area contributed by atoms with Gasteiger partial charge < -0.3 is 10.0 Å². The topological polar surface area (TPSA) is 57.6 Å². The van der Waals surface area contributed by atoms with Crippen LogP contribution in [0.25, 0.3) is 0 Å². The Kier molecular flexibility index (Phi) is 4.85. The van der Waals surface area contributed by atoms with Crippen molar-refractivity contribution >= 4 is 23.6 Å². The monoisotopic (exact) mass is 321 g/mol. The van der Waals surface area contributed by atoms with E-state index in [1.54, 1.807) is 16.7 Å². The summed E-state index contributed by atoms with van der Waals surface area (Å²) in [6.07, 6.45) is -0.0183. The number of carbonyl (C=O) groups excluding carboxylic acids is 1. The highest BCUT2D eigenvalue weighted by Gasteiger charge is 2.38. The number of hydrogen-bond acceptors (Lipinski definition) is 3. The fourth-order valence-electron chi connectivity index (χ4n) is 2.52. The number of thioether (sulfide) groups is 1. The van der Waals surface area contributed by atoms with Crippen molar-refractivity contribution in [3.05, 3.63) is 35.4 Å². The molecule has 22 heavy (non-hydrogen) atoms. The van der Waals surface area contributed by atoms with Gasteiger partial charge in [0.15, 0.2) is 0 Å². The molecule has 0 spiro atoms. The zero-order chi connectivity index (χ0) is 16.5. The smallest absolute Gasteiger partial charge is 0.305 e. The standard InChI is InChI=1S/C17H23NO3S/c1-11-15(21)18(10-9-14(19)20)16(22-11)12-5-7-13(8-6-12)17(2,3)4/h5-8,11,16H,9-10H2,1-4H3,(H,19,20). The van der Waals surface area contributed by atoms with Crippen LogP contribution in [0.4, 0.5) is 0 Å². The van der Waals surface area contributed by atoms with Gasteiger partial charge in [-0.25, -0.2) is 0 Å². The molecule has 1 aromatic rings. The predicted octanol–water partition coefficient (Wildman–Crippen LogP) is 3.42. The maximum Gasteiger partial charge on any atom is 0.305 e. The molecular formula is C17H23NO3S. The molecule has 5 heteroatoms. The second-order valence-corrected chi connectivity index (χ2v) is 8.10. The molecule has 2 unspecified atom stereocenters. The fraction of sp³-hybridized carbons (Fsp3) is 0.529.